The Labute approximate surface area is 81.4 Å². The van der Waals surface area contributed by atoms with Crippen molar-refractivity contribution in [2.24, 2.45) is 0 Å². The molecule has 1 aromatic rings. The summed E-state index contributed by atoms with van der Waals surface area (Å²) in [4.78, 5) is 15.6. The number of carbonyl (C=O) groups is 1. The average Bonchev–Trinajstić information content (AvgIpc) is 2.30. The van der Waals surface area contributed by atoms with E-state index in [0.29, 0.717) is 0 Å². The van der Waals surface area contributed by atoms with E-state index in [9.17, 15) is 4.79 Å². The highest BCUT2D eigenvalue weighted by Gasteiger charge is 2.43. The lowest BCUT2D eigenvalue weighted by Gasteiger charge is -2.14. The zero-order chi connectivity index (χ0) is 9.64. The highest BCUT2D eigenvalue weighted by Crippen LogP contribution is 2.41. The standard InChI is InChI=1S/C9H9ClN2O/c1-9(2)6-5-11-4-3-7(6)12(10)8(9)13/h3-5H,1-2H3. The Bertz CT molecular complexity index is 376. The van der Waals surface area contributed by atoms with E-state index in [4.69, 9.17) is 11.8 Å². The van der Waals surface area contributed by atoms with Gasteiger partial charge in [-0.1, -0.05) is 0 Å². The van der Waals surface area contributed by atoms with Crippen LogP contribution in [-0.2, 0) is 10.2 Å². The summed E-state index contributed by atoms with van der Waals surface area (Å²) in [5.74, 6) is -0.0998. The Morgan fingerprint density at radius 2 is 2.23 bits per heavy atom. The molecular weight excluding hydrogens is 188 g/mol. The molecule has 1 aromatic heterocycles. The molecule has 3 nitrogen and oxygen atoms in total. The van der Waals surface area contributed by atoms with E-state index in [1.165, 1.54) is 0 Å². The van der Waals surface area contributed by atoms with Gasteiger partial charge >= 0.3 is 0 Å². The molecule has 0 unspecified atom stereocenters. The fourth-order valence-electron chi connectivity index (χ4n) is 1.51. The highest BCUT2D eigenvalue weighted by molar-refractivity contribution is 6.40. The predicted molar refractivity (Wildman–Crippen MR) is 50.6 cm³/mol. The van der Waals surface area contributed by atoms with Gasteiger partial charge in [-0.2, -0.15) is 0 Å². The molecule has 0 spiro atoms. The van der Waals surface area contributed by atoms with Crippen molar-refractivity contribution < 1.29 is 4.79 Å². The van der Waals surface area contributed by atoms with Crippen LogP contribution in [0.3, 0.4) is 0 Å². The van der Waals surface area contributed by atoms with E-state index < -0.39 is 5.41 Å². The molecular formula is C9H9ClN2O. The Hall–Kier alpha value is -1.09. The first-order chi connectivity index (χ1) is 6.05. The van der Waals surface area contributed by atoms with E-state index in [2.05, 4.69) is 4.98 Å². The van der Waals surface area contributed by atoms with Crippen molar-refractivity contribution in [2.45, 2.75) is 19.3 Å². The van der Waals surface area contributed by atoms with Crippen LogP contribution >= 0.6 is 11.8 Å². The van der Waals surface area contributed by atoms with E-state index in [1.807, 2.05) is 13.8 Å². The minimum Gasteiger partial charge on any atom is -0.272 e. The number of hydrogen-bond acceptors (Lipinski definition) is 2. The molecule has 0 saturated carbocycles. The summed E-state index contributed by atoms with van der Waals surface area (Å²) in [6, 6.07) is 1.75. The summed E-state index contributed by atoms with van der Waals surface area (Å²) in [5, 5.41) is 0. The molecule has 0 N–H and O–H groups in total. The third-order valence-corrected chi connectivity index (χ3v) is 2.73. The van der Waals surface area contributed by atoms with Gasteiger partial charge in [-0.25, -0.2) is 4.42 Å². The topological polar surface area (TPSA) is 33.2 Å². The number of nitrogens with zero attached hydrogens (tertiary/aromatic N) is 2. The van der Waals surface area contributed by atoms with Crippen molar-refractivity contribution >= 4 is 23.4 Å². The normalized spacial score (nSPS) is 19.0. The number of carbonyl (C=O) groups excluding carboxylic acids is 1. The smallest absolute Gasteiger partial charge is 0.251 e. The van der Waals surface area contributed by atoms with E-state index >= 15 is 0 Å². The number of rotatable bonds is 0. The minimum atomic E-state index is -0.550. The maximum atomic E-state index is 11.6. The molecule has 0 bridgehead atoms. The van der Waals surface area contributed by atoms with Crippen molar-refractivity contribution in [2.75, 3.05) is 4.42 Å². The number of halogens is 1. The van der Waals surface area contributed by atoms with Gasteiger partial charge in [-0.05, 0) is 19.9 Å². The van der Waals surface area contributed by atoms with Crippen molar-refractivity contribution in [3.63, 3.8) is 0 Å². The van der Waals surface area contributed by atoms with Gasteiger partial charge in [0.05, 0.1) is 11.1 Å². The van der Waals surface area contributed by atoms with Gasteiger partial charge in [0.15, 0.2) is 0 Å². The lowest BCUT2D eigenvalue weighted by molar-refractivity contribution is -0.121. The Morgan fingerprint density at radius 1 is 1.54 bits per heavy atom. The van der Waals surface area contributed by atoms with Crippen LogP contribution < -0.4 is 4.42 Å². The van der Waals surface area contributed by atoms with Crippen molar-refractivity contribution in [3.05, 3.63) is 24.0 Å². The van der Waals surface area contributed by atoms with Crippen LogP contribution in [0.5, 0.6) is 0 Å². The Morgan fingerprint density at radius 3 is 2.85 bits per heavy atom. The SMILES string of the molecule is CC1(C)C(=O)N(Cl)c2ccncc21. The fourth-order valence-corrected chi connectivity index (χ4v) is 1.87. The van der Waals surface area contributed by atoms with Gasteiger partial charge in [-0.3, -0.25) is 9.78 Å². The molecule has 1 aliphatic rings. The third kappa shape index (κ3) is 0.968. The van der Waals surface area contributed by atoms with Crippen molar-refractivity contribution in [1.82, 2.24) is 4.98 Å². The fraction of sp³-hybridized carbons (Fsp3) is 0.333. The molecule has 0 saturated heterocycles. The first-order valence-corrected chi connectivity index (χ1v) is 4.34. The molecule has 0 fully saturated rings. The molecule has 0 radical (unpaired) electrons. The van der Waals surface area contributed by atoms with Gasteiger partial charge < -0.3 is 0 Å². The molecule has 4 heteroatoms. The Balaban J connectivity index is 2.68. The van der Waals surface area contributed by atoms with Gasteiger partial charge in [0.2, 0.25) is 0 Å². The zero-order valence-electron chi connectivity index (χ0n) is 7.41. The van der Waals surface area contributed by atoms with Crippen LogP contribution in [0.4, 0.5) is 5.69 Å². The van der Waals surface area contributed by atoms with Crippen molar-refractivity contribution in [3.8, 4) is 0 Å². The van der Waals surface area contributed by atoms with Crippen LogP contribution in [-0.4, -0.2) is 10.9 Å². The summed E-state index contributed by atoms with van der Waals surface area (Å²) < 4.78 is 1.16. The molecule has 13 heavy (non-hydrogen) atoms. The summed E-state index contributed by atoms with van der Waals surface area (Å²) in [6.07, 6.45) is 3.32. The second kappa shape index (κ2) is 2.45. The second-order valence-corrected chi connectivity index (χ2v) is 3.94. The molecule has 68 valence electrons. The van der Waals surface area contributed by atoms with Gasteiger partial charge in [-0.15, -0.1) is 0 Å². The second-order valence-electron chi connectivity index (χ2n) is 3.60. The first-order valence-electron chi connectivity index (χ1n) is 4.00. The van der Waals surface area contributed by atoms with E-state index in [1.54, 1.807) is 18.5 Å². The van der Waals surface area contributed by atoms with Crippen LogP contribution in [0, 0.1) is 0 Å². The van der Waals surface area contributed by atoms with Gasteiger partial charge in [0.25, 0.3) is 5.91 Å². The molecule has 1 amide bonds. The number of amides is 1. The average molecular weight is 197 g/mol. The highest BCUT2D eigenvalue weighted by atomic mass is 35.5. The summed E-state index contributed by atoms with van der Waals surface area (Å²) in [7, 11) is 0. The van der Waals surface area contributed by atoms with Crippen molar-refractivity contribution in [1.29, 1.82) is 0 Å². The van der Waals surface area contributed by atoms with Gasteiger partial charge in [0, 0.05) is 29.7 Å². The first kappa shape index (κ1) is 8.51. The molecule has 0 aliphatic carbocycles. The molecule has 1 aliphatic heterocycles. The lowest BCUT2D eigenvalue weighted by Crippen LogP contribution is -2.30. The number of fused-ring (bicyclic) bond motifs is 1. The van der Waals surface area contributed by atoms with Crippen LogP contribution in [0.15, 0.2) is 18.5 Å². The summed E-state index contributed by atoms with van der Waals surface area (Å²) in [5.41, 5.74) is 1.08. The van der Waals surface area contributed by atoms with Crippen LogP contribution in [0.25, 0.3) is 0 Å². The maximum absolute atomic E-state index is 11.6. The van der Waals surface area contributed by atoms with Crippen LogP contribution in [0.2, 0.25) is 0 Å². The number of aromatic nitrogens is 1. The van der Waals surface area contributed by atoms with E-state index in [0.717, 1.165) is 15.7 Å². The lowest BCUT2D eigenvalue weighted by atomic mass is 9.87. The Kier molecular flexibility index (Phi) is 1.60. The number of anilines is 1. The molecule has 0 aromatic carbocycles. The third-order valence-electron chi connectivity index (χ3n) is 2.40. The predicted octanol–water partition coefficient (Wildman–Crippen LogP) is 1.86. The monoisotopic (exact) mass is 196 g/mol. The largest absolute Gasteiger partial charge is 0.272 e. The zero-order valence-corrected chi connectivity index (χ0v) is 8.17. The van der Waals surface area contributed by atoms with Gasteiger partial charge in [0.1, 0.15) is 0 Å². The van der Waals surface area contributed by atoms with E-state index in [-0.39, 0.29) is 5.91 Å². The maximum Gasteiger partial charge on any atom is 0.251 e. The molecule has 2 heterocycles. The molecule has 2 rings (SSSR count). The summed E-state index contributed by atoms with van der Waals surface area (Å²) in [6.45, 7) is 3.69. The minimum absolute atomic E-state index is 0.0998. The quantitative estimate of drug-likeness (QED) is 0.594. The number of pyridine rings is 1. The van der Waals surface area contributed by atoms with Crippen LogP contribution in [0.1, 0.15) is 19.4 Å². The molecule has 0 atom stereocenters. The summed E-state index contributed by atoms with van der Waals surface area (Å²) >= 11 is 5.83. The number of hydrogen-bond donors (Lipinski definition) is 0.